The molecule has 4 heteroatoms. The summed E-state index contributed by atoms with van der Waals surface area (Å²) >= 11 is 1.51. The van der Waals surface area contributed by atoms with Gasteiger partial charge in [-0.05, 0) is 32.2 Å². The third-order valence-electron chi connectivity index (χ3n) is 2.22. The number of nitrogens with one attached hydrogen (secondary N) is 1. The second-order valence-electron chi connectivity index (χ2n) is 3.98. The largest absolute Gasteiger partial charge is 0.489 e. The Labute approximate surface area is 107 Å². The first-order valence-electron chi connectivity index (χ1n) is 5.60. The monoisotopic (exact) mass is 253 g/mol. The lowest BCUT2D eigenvalue weighted by atomic mass is 10.2. The van der Waals surface area contributed by atoms with Gasteiger partial charge in [-0.1, -0.05) is 17.7 Å². The first-order chi connectivity index (χ1) is 8.11. The summed E-state index contributed by atoms with van der Waals surface area (Å²) in [5.41, 5.74) is 1.21. The highest BCUT2D eigenvalue weighted by Gasteiger charge is 2.06. The molecule has 0 heterocycles. The fourth-order valence-electron chi connectivity index (χ4n) is 1.33. The van der Waals surface area contributed by atoms with Gasteiger partial charge in [0.25, 0.3) is 0 Å². The molecule has 0 aliphatic heterocycles. The fraction of sp³-hybridized carbons (Fsp3) is 0.462. The highest BCUT2D eigenvalue weighted by atomic mass is 32.2. The molecule has 1 N–H and O–H groups in total. The fourth-order valence-corrected chi connectivity index (χ4v) is 1.69. The smallest absolute Gasteiger partial charge is 0.230 e. The zero-order valence-electron chi connectivity index (χ0n) is 10.5. The number of amides is 1. The normalized spacial score (nSPS) is 11.9. The van der Waals surface area contributed by atoms with Crippen LogP contribution in [0.5, 0.6) is 5.75 Å². The summed E-state index contributed by atoms with van der Waals surface area (Å²) in [6.45, 7) is 4.52. The topological polar surface area (TPSA) is 38.3 Å². The molecule has 0 spiro atoms. The van der Waals surface area contributed by atoms with Crippen LogP contribution in [0.25, 0.3) is 0 Å². The van der Waals surface area contributed by atoms with Crippen LogP contribution in [0.2, 0.25) is 0 Å². The van der Waals surface area contributed by atoms with Crippen LogP contribution in [0.4, 0.5) is 0 Å². The van der Waals surface area contributed by atoms with E-state index in [0.717, 1.165) is 5.75 Å². The van der Waals surface area contributed by atoms with Gasteiger partial charge in [-0.2, -0.15) is 11.8 Å². The van der Waals surface area contributed by atoms with Crippen LogP contribution >= 0.6 is 11.8 Å². The maximum atomic E-state index is 11.3. The molecule has 0 saturated carbocycles. The number of carbonyl (C=O) groups excluding carboxylic acids is 1. The third-order valence-corrected chi connectivity index (χ3v) is 2.77. The molecule has 1 atom stereocenters. The minimum atomic E-state index is -0.0245. The maximum absolute atomic E-state index is 11.3. The minimum absolute atomic E-state index is 0.0245. The predicted molar refractivity (Wildman–Crippen MR) is 72.7 cm³/mol. The Kier molecular flexibility index (Phi) is 5.91. The van der Waals surface area contributed by atoms with Crippen LogP contribution in [-0.4, -0.2) is 30.6 Å². The average Bonchev–Trinajstić information content (AvgIpc) is 2.30. The molecule has 17 heavy (non-hydrogen) atoms. The SMILES string of the molecule is CSCC(=O)NC[C@@H](C)Oc1ccc(C)cc1. The number of rotatable bonds is 6. The molecule has 1 rings (SSSR count). The van der Waals surface area contributed by atoms with Crippen molar-refractivity contribution in [1.82, 2.24) is 5.32 Å². The molecular weight excluding hydrogens is 234 g/mol. The van der Waals surface area contributed by atoms with Crippen molar-refractivity contribution in [2.24, 2.45) is 0 Å². The molecule has 0 aromatic heterocycles. The van der Waals surface area contributed by atoms with Gasteiger partial charge in [0, 0.05) is 0 Å². The van der Waals surface area contributed by atoms with E-state index in [2.05, 4.69) is 5.32 Å². The van der Waals surface area contributed by atoms with E-state index in [9.17, 15) is 4.79 Å². The summed E-state index contributed by atoms with van der Waals surface area (Å²) in [7, 11) is 0. The summed E-state index contributed by atoms with van der Waals surface area (Å²) < 4.78 is 5.68. The minimum Gasteiger partial charge on any atom is -0.489 e. The van der Waals surface area contributed by atoms with Crippen LogP contribution < -0.4 is 10.1 Å². The zero-order valence-corrected chi connectivity index (χ0v) is 11.3. The first kappa shape index (κ1) is 13.9. The van der Waals surface area contributed by atoms with Gasteiger partial charge in [0.15, 0.2) is 0 Å². The Morgan fingerprint density at radius 3 is 2.65 bits per heavy atom. The van der Waals surface area contributed by atoms with Crippen LogP contribution in [0.3, 0.4) is 0 Å². The van der Waals surface area contributed by atoms with Crippen LogP contribution in [-0.2, 0) is 4.79 Å². The van der Waals surface area contributed by atoms with E-state index in [1.165, 1.54) is 17.3 Å². The molecule has 94 valence electrons. The molecular formula is C13H19NO2S. The molecule has 0 bridgehead atoms. The molecule has 0 unspecified atom stereocenters. The molecule has 1 aromatic rings. The summed E-state index contributed by atoms with van der Waals surface area (Å²) in [6.07, 6.45) is 1.88. The van der Waals surface area contributed by atoms with E-state index < -0.39 is 0 Å². The van der Waals surface area contributed by atoms with E-state index in [1.807, 2.05) is 44.4 Å². The van der Waals surface area contributed by atoms with Crippen molar-refractivity contribution in [3.05, 3.63) is 29.8 Å². The molecule has 0 aliphatic carbocycles. The van der Waals surface area contributed by atoms with E-state index in [-0.39, 0.29) is 12.0 Å². The van der Waals surface area contributed by atoms with Crippen molar-refractivity contribution < 1.29 is 9.53 Å². The quantitative estimate of drug-likeness (QED) is 0.845. The lowest BCUT2D eigenvalue weighted by Gasteiger charge is -2.15. The molecule has 1 aromatic carbocycles. The van der Waals surface area contributed by atoms with Gasteiger partial charge in [0.05, 0.1) is 12.3 Å². The van der Waals surface area contributed by atoms with E-state index in [4.69, 9.17) is 4.74 Å². The van der Waals surface area contributed by atoms with Gasteiger partial charge in [-0.15, -0.1) is 0 Å². The second kappa shape index (κ2) is 7.22. The number of hydrogen-bond acceptors (Lipinski definition) is 3. The standard InChI is InChI=1S/C13H19NO2S/c1-10-4-6-12(7-5-10)16-11(2)8-14-13(15)9-17-3/h4-7,11H,8-9H2,1-3H3,(H,14,15)/t11-/m1/s1. The second-order valence-corrected chi connectivity index (χ2v) is 4.84. The Morgan fingerprint density at radius 1 is 1.41 bits per heavy atom. The van der Waals surface area contributed by atoms with Gasteiger partial charge < -0.3 is 10.1 Å². The van der Waals surface area contributed by atoms with Gasteiger partial charge in [-0.3, -0.25) is 4.79 Å². The van der Waals surface area contributed by atoms with E-state index >= 15 is 0 Å². The number of thioether (sulfide) groups is 1. The van der Waals surface area contributed by atoms with Crippen molar-refractivity contribution in [2.75, 3.05) is 18.6 Å². The van der Waals surface area contributed by atoms with E-state index in [0.29, 0.717) is 12.3 Å². The summed E-state index contributed by atoms with van der Waals surface area (Å²) in [5, 5.41) is 2.83. The third kappa shape index (κ3) is 5.63. The van der Waals surface area contributed by atoms with Crippen LogP contribution in [0.1, 0.15) is 12.5 Å². The van der Waals surface area contributed by atoms with Gasteiger partial charge in [-0.25, -0.2) is 0 Å². The summed E-state index contributed by atoms with van der Waals surface area (Å²) in [4.78, 5) is 11.3. The first-order valence-corrected chi connectivity index (χ1v) is 7.00. The van der Waals surface area contributed by atoms with Gasteiger partial charge in [0.1, 0.15) is 11.9 Å². The lowest BCUT2D eigenvalue weighted by molar-refractivity contribution is -0.118. The number of ether oxygens (including phenoxy) is 1. The molecule has 0 radical (unpaired) electrons. The highest BCUT2D eigenvalue weighted by Crippen LogP contribution is 2.12. The predicted octanol–water partition coefficient (Wildman–Crippen LogP) is 2.24. The highest BCUT2D eigenvalue weighted by molar-refractivity contribution is 7.99. The number of carbonyl (C=O) groups is 1. The Morgan fingerprint density at radius 2 is 2.06 bits per heavy atom. The van der Waals surface area contributed by atoms with Crippen molar-refractivity contribution in [2.45, 2.75) is 20.0 Å². The molecule has 0 aliphatic rings. The molecule has 3 nitrogen and oxygen atoms in total. The average molecular weight is 253 g/mol. The number of aryl methyl sites for hydroxylation is 1. The Bertz CT molecular complexity index is 351. The molecule has 0 fully saturated rings. The van der Waals surface area contributed by atoms with Gasteiger partial charge in [0.2, 0.25) is 5.91 Å². The lowest BCUT2D eigenvalue weighted by Crippen LogP contribution is -2.34. The zero-order chi connectivity index (χ0) is 12.7. The van der Waals surface area contributed by atoms with E-state index in [1.54, 1.807) is 0 Å². The van der Waals surface area contributed by atoms with Crippen LogP contribution in [0.15, 0.2) is 24.3 Å². The van der Waals surface area contributed by atoms with Crippen molar-refractivity contribution >= 4 is 17.7 Å². The van der Waals surface area contributed by atoms with Crippen molar-refractivity contribution in [3.8, 4) is 5.75 Å². The number of benzene rings is 1. The molecule has 0 saturated heterocycles. The van der Waals surface area contributed by atoms with Gasteiger partial charge >= 0.3 is 0 Å². The van der Waals surface area contributed by atoms with Crippen LogP contribution in [0, 0.1) is 6.92 Å². The Balaban J connectivity index is 2.31. The number of hydrogen-bond donors (Lipinski definition) is 1. The summed E-state index contributed by atoms with van der Waals surface area (Å²) in [6, 6.07) is 7.90. The van der Waals surface area contributed by atoms with Crippen molar-refractivity contribution in [3.63, 3.8) is 0 Å². The summed E-state index contributed by atoms with van der Waals surface area (Å²) in [5.74, 6) is 1.39. The molecule has 1 amide bonds. The van der Waals surface area contributed by atoms with Crippen molar-refractivity contribution in [1.29, 1.82) is 0 Å². The maximum Gasteiger partial charge on any atom is 0.230 e. The Hall–Kier alpha value is -1.16.